The summed E-state index contributed by atoms with van der Waals surface area (Å²) < 4.78 is 15.9. The van der Waals surface area contributed by atoms with E-state index in [2.05, 4.69) is 21.9 Å². The minimum absolute atomic E-state index is 0.191. The Morgan fingerprint density at radius 1 is 1.31 bits per heavy atom. The van der Waals surface area contributed by atoms with Crippen molar-refractivity contribution in [3.8, 4) is 0 Å². The Kier molecular flexibility index (Phi) is 7.05. The third kappa shape index (κ3) is 5.45. The molecule has 1 saturated heterocycles. The maximum absolute atomic E-state index is 13.0. The molecule has 0 saturated carbocycles. The van der Waals surface area contributed by atoms with Crippen LogP contribution >= 0.6 is 11.9 Å². The zero-order valence-corrected chi connectivity index (χ0v) is 16.9. The van der Waals surface area contributed by atoms with Crippen LogP contribution in [0.3, 0.4) is 0 Å². The van der Waals surface area contributed by atoms with Crippen molar-refractivity contribution in [2.75, 3.05) is 24.4 Å². The van der Waals surface area contributed by atoms with Crippen LogP contribution in [0.2, 0.25) is 0 Å². The molecule has 0 aromatic heterocycles. The SMILES string of the molecule is CCN1CCCC1CNC(=O)c1ccc(NSc2ccc(F)cc2)c([N+](=O)[O-])c1. The summed E-state index contributed by atoms with van der Waals surface area (Å²) in [6.45, 7) is 4.60. The van der Waals surface area contributed by atoms with E-state index in [9.17, 15) is 19.3 Å². The summed E-state index contributed by atoms with van der Waals surface area (Å²) in [4.78, 5) is 26.5. The van der Waals surface area contributed by atoms with Crippen LogP contribution in [-0.4, -0.2) is 41.4 Å². The van der Waals surface area contributed by atoms with Crippen molar-refractivity contribution >= 4 is 29.2 Å². The summed E-state index contributed by atoms with van der Waals surface area (Å²) in [6.07, 6.45) is 2.16. The molecule has 1 aliphatic heterocycles. The molecule has 0 spiro atoms. The predicted octanol–water partition coefficient (Wildman–Crippen LogP) is 4.07. The number of anilines is 1. The van der Waals surface area contributed by atoms with Crippen LogP contribution in [0, 0.1) is 15.9 Å². The molecule has 0 bridgehead atoms. The molecule has 154 valence electrons. The molecular weight excluding hydrogens is 395 g/mol. The second-order valence-corrected chi connectivity index (χ2v) is 7.66. The molecule has 0 aliphatic carbocycles. The Bertz CT molecular complexity index is 879. The molecule has 29 heavy (non-hydrogen) atoms. The van der Waals surface area contributed by atoms with Gasteiger partial charge in [-0.3, -0.25) is 19.8 Å². The molecule has 1 amide bonds. The predicted molar refractivity (Wildman–Crippen MR) is 112 cm³/mol. The first kappa shape index (κ1) is 21.1. The number of carbonyl (C=O) groups is 1. The van der Waals surface area contributed by atoms with Gasteiger partial charge in [0.2, 0.25) is 0 Å². The van der Waals surface area contributed by atoms with E-state index in [1.165, 1.54) is 24.3 Å². The first-order valence-corrected chi connectivity index (χ1v) is 10.3. The third-order valence-electron chi connectivity index (χ3n) is 4.95. The van der Waals surface area contributed by atoms with Gasteiger partial charge in [0, 0.05) is 29.1 Å². The van der Waals surface area contributed by atoms with Gasteiger partial charge >= 0.3 is 0 Å². The fraction of sp³-hybridized carbons (Fsp3) is 0.350. The van der Waals surface area contributed by atoms with Gasteiger partial charge in [0.25, 0.3) is 11.6 Å². The second kappa shape index (κ2) is 9.71. The zero-order valence-electron chi connectivity index (χ0n) is 16.1. The molecule has 2 aromatic rings. The molecule has 1 atom stereocenters. The Balaban J connectivity index is 1.65. The highest BCUT2D eigenvalue weighted by Crippen LogP contribution is 2.30. The number of likely N-dealkylation sites (tertiary alicyclic amines) is 1. The van der Waals surface area contributed by atoms with Gasteiger partial charge in [-0.25, -0.2) is 4.39 Å². The number of nitrogens with one attached hydrogen (secondary N) is 2. The van der Waals surface area contributed by atoms with Crippen LogP contribution in [0.4, 0.5) is 15.8 Å². The van der Waals surface area contributed by atoms with Gasteiger partial charge in [0.15, 0.2) is 0 Å². The second-order valence-electron chi connectivity index (χ2n) is 6.78. The van der Waals surface area contributed by atoms with Crippen LogP contribution in [0.25, 0.3) is 0 Å². The lowest BCUT2D eigenvalue weighted by Gasteiger charge is -2.22. The first-order chi connectivity index (χ1) is 14.0. The lowest BCUT2D eigenvalue weighted by atomic mass is 10.1. The fourth-order valence-corrected chi connectivity index (χ4v) is 4.05. The van der Waals surface area contributed by atoms with Crippen molar-refractivity contribution < 1.29 is 14.1 Å². The molecule has 9 heteroatoms. The van der Waals surface area contributed by atoms with E-state index in [0.29, 0.717) is 17.5 Å². The minimum Gasteiger partial charge on any atom is -0.350 e. The number of hydrogen-bond donors (Lipinski definition) is 2. The van der Waals surface area contributed by atoms with E-state index >= 15 is 0 Å². The summed E-state index contributed by atoms with van der Waals surface area (Å²) in [5, 5.41) is 14.4. The Hall–Kier alpha value is -2.65. The van der Waals surface area contributed by atoms with Crippen molar-refractivity contribution in [3.63, 3.8) is 0 Å². The zero-order chi connectivity index (χ0) is 20.8. The summed E-state index contributed by atoms with van der Waals surface area (Å²) in [7, 11) is 0. The lowest BCUT2D eigenvalue weighted by Crippen LogP contribution is -2.40. The Morgan fingerprint density at radius 2 is 2.07 bits per heavy atom. The lowest BCUT2D eigenvalue weighted by molar-refractivity contribution is -0.383. The van der Waals surface area contributed by atoms with Gasteiger partial charge in [-0.1, -0.05) is 6.92 Å². The third-order valence-corrected chi connectivity index (χ3v) is 5.78. The highest BCUT2D eigenvalue weighted by Gasteiger charge is 2.24. The van der Waals surface area contributed by atoms with E-state index in [4.69, 9.17) is 0 Å². The van der Waals surface area contributed by atoms with Crippen molar-refractivity contribution in [2.45, 2.75) is 30.7 Å². The number of likely N-dealkylation sites (N-methyl/N-ethyl adjacent to an activating group) is 1. The maximum atomic E-state index is 13.0. The van der Waals surface area contributed by atoms with Crippen LogP contribution in [0.1, 0.15) is 30.1 Å². The molecule has 7 nitrogen and oxygen atoms in total. The Morgan fingerprint density at radius 3 is 2.76 bits per heavy atom. The largest absolute Gasteiger partial charge is 0.350 e. The molecule has 0 radical (unpaired) electrons. The molecule has 3 rings (SSSR count). The highest BCUT2D eigenvalue weighted by molar-refractivity contribution is 8.00. The number of hydrogen-bond acceptors (Lipinski definition) is 6. The first-order valence-electron chi connectivity index (χ1n) is 9.47. The van der Waals surface area contributed by atoms with Crippen molar-refractivity contribution in [1.29, 1.82) is 0 Å². The summed E-state index contributed by atoms with van der Waals surface area (Å²) in [6, 6.07) is 10.4. The normalized spacial score (nSPS) is 16.6. The van der Waals surface area contributed by atoms with Crippen LogP contribution in [0.5, 0.6) is 0 Å². The smallest absolute Gasteiger partial charge is 0.293 e. The molecular formula is C20H23FN4O3S. The molecule has 1 aliphatic rings. The van der Waals surface area contributed by atoms with E-state index < -0.39 is 4.92 Å². The maximum Gasteiger partial charge on any atom is 0.293 e. The summed E-state index contributed by atoms with van der Waals surface area (Å²) >= 11 is 1.13. The molecule has 2 N–H and O–H groups in total. The van der Waals surface area contributed by atoms with Gasteiger partial charge in [-0.15, -0.1) is 0 Å². The van der Waals surface area contributed by atoms with E-state index in [1.807, 2.05) is 0 Å². The molecule has 2 aromatic carbocycles. The molecule has 1 unspecified atom stereocenters. The number of nitro benzene ring substituents is 1. The average molecular weight is 418 g/mol. The highest BCUT2D eigenvalue weighted by atomic mass is 32.2. The molecule has 1 fully saturated rings. The number of amides is 1. The number of halogens is 1. The topological polar surface area (TPSA) is 87.5 Å². The average Bonchev–Trinajstić information content (AvgIpc) is 3.19. The van der Waals surface area contributed by atoms with Gasteiger partial charge in [-0.05, 0) is 74.3 Å². The molecule has 1 heterocycles. The van der Waals surface area contributed by atoms with Crippen LogP contribution in [-0.2, 0) is 0 Å². The van der Waals surface area contributed by atoms with Gasteiger partial charge in [0.05, 0.1) is 4.92 Å². The summed E-state index contributed by atoms with van der Waals surface area (Å²) in [5.74, 6) is -0.677. The van der Waals surface area contributed by atoms with E-state index in [0.717, 1.165) is 37.9 Å². The Labute approximate surface area is 173 Å². The van der Waals surface area contributed by atoms with Crippen LogP contribution in [0.15, 0.2) is 47.4 Å². The van der Waals surface area contributed by atoms with E-state index in [-0.39, 0.29) is 28.7 Å². The standard InChI is InChI=1S/C20H23FN4O3S/c1-2-24-11-3-4-16(24)13-22-20(26)14-5-10-18(19(12-14)25(27)28)23-29-17-8-6-15(21)7-9-17/h5-10,12,16,23H,2-4,11,13H2,1H3,(H,22,26). The number of nitrogens with zero attached hydrogens (tertiary/aromatic N) is 2. The fourth-order valence-electron chi connectivity index (χ4n) is 3.38. The van der Waals surface area contributed by atoms with Gasteiger partial charge in [-0.2, -0.15) is 0 Å². The number of benzene rings is 2. The van der Waals surface area contributed by atoms with E-state index in [1.54, 1.807) is 18.2 Å². The number of carbonyl (C=O) groups excluding carboxylic acids is 1. The monoisotopic (exact) mass is 418 g/mol. The van der Waals surface area contributed by atoms with Crippen molar-refractivity contribution in [3.05, 3.63) is 64.0 Å². The quantitative estimate of drug-likeness (QED) is 0.382. The van der Waals surface area contributed by atoms with Crippen molar-refractivity contribution in [2.24, 2.45) is 0 Å². The van der Waals surface area contributed by atoms with Crippen LogP contribution < -0.4 is 10.0 Å². The van der Waals surface area contributed by atoms with Gasteiger partial charge < -0.3 is 10.0 Å². The number of nitro groups is 1. The summed E-state index contributed by atoms with van der Waals surface area (Å²) in [5.41, 5.74) is 0.326. The van der Waals surface area contributed by atoms with Gasteiger partial charge in [0.1, 0.15) is 11.5 Å². The van der Waals surface area contributed by atoms with Crippen molar-refractivity contribution in [1.82, 2.24) is 10.2 Å². The minimum atomic E-state index is -0.528. The number of rotatable bonds is 8.